The van der Waals surface area contributed by atoms with Gasteiger partial charge in [-0.05, 0) is 24.0 Å². The lowest BCUT2D eigenvalue weighted by molar-refractivity contribution is -0.137. The Morgan fingerprint density at radius 3 is 2.26 bits per heavy atom. The van der Waals surface area contributed by atoms with Crippen molar-refractivity contribution in [2.75, 3.05) is 34.5 Å². The highest BCUT2D eigenvalue weighted by molar-refractivity contribution is 7.98. The van der Waals surface area contributed by atoms with Gasteiger partial charge in [-0.25, -0.2) is 4.79 Å². The smallest absolute Gasteiger partial charge is 0.326 e. The number of amides is 1. The van der Waals surface area contributed by atoms with Crippen LogP contribution >= 0.6 is 35.0 Å². The van der Waals surface area contributed by atoms with Gasteiger partial charge in [0.2, 0.25) is 0 Å². The zero-order valence-electron chi connectivity index (χ0n) is 17.9. The Bertz CT molecular complexity index is 1260. The highest BCUT2D eigenvalue weighted by Gasteiger charge is 2.26. The number of anilines is 3. The summed E-state index contributed by atoms with van der Waals surface area (Å²) >= 11 is 13.6. The second-order valence-electron chi connectivity index (χ2n) is 7.20. The highest BCUT2D eigenvalue weighted by atomic mass is 35.5. The van der Waals surface area contributed by atoms with Crippen molar-refractivity contribution >= 4 is 63.9 Å². The van der Waals surface area contributed by atoms with E-state index in [4.69, 9.17) is 23.2 Å². The molecule has 0 spiro atoms. The summed E-state index contributed by atoms with van der Waals surface area (Å²) in [5.41, 5.74) is -0.154. The summed E-state index contributed by atoms with van der Waals surface area (Å²) in [5.74, 6) is -0.970. The summed E-state index contributed by atoms with van der Waals surface area (Å²) in [6.45, 7) is 0.474. The Balaban J connectivity index is 1.68. The molecule has 12 heteroatoms. The fraction of sp³-hybridized carbons (Fsp3) is 0.227. The van der Waals surface area contributed by atoms with Crippen molar-refractivity contribution in [3.8, 4) is 0 Å². The van der Waals surface area contributed by atoms with Crippen molar-refractivity contribution in [1.82, 2.24) is 4.98 Å². The van der Waals surface area contributed by atoms with E-state index in [0.717, 1.165) is 5.75 Å². The molecule has 1 heterocycles. The maximum absolute atomic E-state index is 12.5. The van der Waals surface area contributed by atoms with E-state index >= 15 is 0 Å². The van der Waals surface area contributed by atoms with Gasteiger partial charge in [0.05, 0.1) is 15.6 Å². The average molecular weight is 523 g/mol. The number of rotatable bonds is 11. The van der Waals surface area contributed by atoms with Gasteiger partial charge in [0.15, 0.2) is 0 Å². The number of carboxylic acid groups (broad SMARTS) is 1. The lowest BCUT2D eigenvalue weighted by atomic mass is 10.0. The molecular formula is C22H20Cl2N4O5S. The molecule has 0 aliphatic rings. The third-order valence-electron chi connectivity index (χ3n) is 4.87. The number of nitrogens with zero attached hydrogens (tertiary/aromatic N) is 1. The Labute approximate surface area is 208 Å². The summed E-state index contributed by atoms with van der Waals surface area (Å²) < 4.78 is 0. The number of carboxylic acids is 1. The maximum Gasteiger partial charge on any atom is 0.326 e. The zero-order chi connectivity index (χ0) is 24.8. The minimum absolute atomic E-state index is 0.0199. The molecule has 0 bridgehead atoms. The van der Waals surface area contributed by atoms with Crippen LogP contribution in [0.1, 0.15) is 15.9 Å². The van der Waals surface area contributed by atoms with E-state index in [1.54, 1.807) is 36.0 Å². The largest absolute Gasteiger partial charge is 0.480 e. The third kappa shape index (κ3) is 5.88. The Hall–Kier alpha value is -3.08. The molecule has 9 nitrogen and oxygen atoms in total. The quantitative estimate of drug-likeness (QED) is 0.221. The molecule has 3 aromatic rings. The molecule has 34 heavy (non-hydrogen) atoms. The molecule has 4 N–H and O–H groups in total. The molecule has 0 aliphatic carbocycles. The topological polar surface area (TPSA) is 137 Å². The SMILES string of the molecule is CSCCNc1c(N[C@@H](Cc2ccc(NC(=O)c3c(Cl)cncc3Cl)cc2)C(=O)O)c(=O)c1=O. The summed E-state index contributed by atoms with van der Waals surface area (Å²) in [5, 5.41) is 18.1. The van der Waals surface area contributed by atoms with Gasteiger partial charge in [0, 0.05) is 36.8 Å². The summed E-state index contributed by atoms with van der Waals surface area (Å²) in [6.07, 6.45) is 4.56. The number of thioether (sulfide) groups is 1. The van der Waals surface area contributed by atoms with Crippen molar-refractivity contribution in [2.24, 2.45) is 0 Å². The summed E-state index contributed by atoms with van der Waals surface area (Å²) in [6, 6.07) is 5.34. The number of hydrogen-bond donors (Lipinski definition) is 4. The average Bonchev–Trinajstić information content (AvgIpc) is 2.80. The number of halogens is 2. The van der Waals surface area contributed by atoms with E-state index in [1.807, 2.05) is 6.26 Å². The van der Waals surface area contributed by atoms with Crippen LogP contribution in [0.3, 0.4) is 0 Å². The van der Waals surface area contributed by atoms with Gasteiger partial charge in [-0.3, -0.25) is 19.4 Å². The number of carbonyl (C=O) groups is 2. The second-order valence-corrected chi connectivity index (χ2v) is 9.00. The Kier molecular flexibility index (Phi) is 8.54. The van der Waals surface area contributed by atoms with Crippen molar-refractivity contribution in [2.45, 2.75) is 12.5 Å². The van der Waals surface area contributed by atoms with Crippen LogP contribution in [0.15, 0.2) is 46.2 Å². The van der Waals surface area contributed by atoms with Crippen molar-refractivity contribution in [3.63, 3.8) is 0 Å². The van der Waals surface area contributed by atoms with E-state index in [9.17, 15) is 24.3 Å². The van der Waals surface area contributed by atoms with Crippen molar-refractivity contribution in [3.05, 3.63) is 78.3 Å². The molecule has 178 valence electrons. The van der Waals surface area contributed by atoms with Gasteiger partial charge in [-0.1, -0.05) is 35.3 Å². The van der Waals surface area contributed by atoms with Gasteiger partial charge in [0.25, 0.3) is 16.8 Å². The normalized spacial score (nSPS) is 11.7. The Morgan fingerprint density at radius 1 is 1.06 bits per heavy atom. The number of hydrogen-bond acceptors (Lipinski definition) is 8. The fourth-order valence-corrected chi connectivity index (χ4v) is 3.97. The lowest BCUT2D eigenvalue weighted by Gasteiger charge is -2.20. The Morgan fingerprint density at radius 2 is 1.68 bits per heavy atom. The van der Waals surface area contributed by atoms with E-state index in [1.165, 1.54) is 12.4 Å². The molecule has 0 unspecified atom stereocenters. The van der Waals surface area contributed by atoms with Crippen LogP contribution in [0.5, 0.6) is 0 Å². The van der Waals surface area contributed by atoms with Crippen LogP contribution < -0.4 is 26.8 Å². The molecule has 1 atom stereocenters. The predicted octanol–water partition coefficient (Wildman–Crippen LogP) is 3.12. The number of carbonyl (C=O) groups excluding carboxylic acids is 1. The zero-order valence-corrected chi connectivity index (χ0v) is 20.2. The monoisotopic (exact) mass is 522 g/mol. The van der Waals surface area contributed by atoms with Gasteiger partial charge in [-0.2, -0.15) is 11.8 Å². The molecule has 0 fully saturated rings. The van der Waals surface area contributed by atoms with Crippen LogP contribution in [0.2, 0.25) is 10.0 Å². The van der Waals surface area contributed by atoms with Crippen molar-refractivity contribution < 1.29 is 14.7 Å². The summed E-state index contributed by atoms with van der Waals surface area (Å²) in [4.78, 5) is 51.8. The first-order valence-electron chi connectivity index (χ1n) is 9.97. The molecule has 0 radical (unpaired) electrons. The number of aromatic nitrogens is 1. The van der Waals surface area contributed by atoms with E-state index in [2.05, 4.69) is 20.9 Å². The number of pyridine rings is 1. The number of benzene rings is 1. The van der Waals surface area contributed by atoms with Crippen LogP contribution in [-0.2, 0) is 11.2 Å². The minimum atomic E-state index is -1.18. The van der Waals surface area contributed by atoms with Gasteiger partial charge in [-0.15, -0.1) is 0 Å². The third-order valence-corrected chi connectivity index (χ3v) is 6.05. The van der Waals surface area contributed by atoms with E-state index < -0.39 is 28.8 Å². The first-order chi connectivity index (χ1) is 16.2. The summed E-state index contributed by atoms with van der Waals surface area (Å²) in [7, 11) is 0. The van der Waals surface area contributed by atoms with Gasteiger partial charge < -0.3 is 21.1 Å². The van der Waals surface area contributed by atoms with Crippen LogP contribution in [0.4, 0.5) is 17.1 Å². The molecular weight excluding hydrogens is 503 g/mol. The first-order valence-corrected chi connectivity index (χ1v) is 12.1. The molecule has 1 amide bonds. The minimum Gasteiger partial charge on any atom is -0.480 e. The molecule has 1 aromatic heterocycles. The standard InChI is InChI=1S/C22H20Cl2N4O5S/c1-34-7-6-26-17-18(20(30)19(17)29)28-15(22(32)33)8-11-2-4-12(5-3-11)27-21(31)16-13(23)9-25-10-14(16)24/h2-5,9-10,15,26,28H,6-8H2,1H3,(H,27,31)(H,32,33)/t15-/m0/s1. The van der Waals surface area contributed by atoms with Crippen LogP contribution in [0, 0.1) is 0 Å². The van der Waals surface area contributed by atoms with Crippen LogP contribution in [0.25, 0.3) is 0 Å². The van der Waals surface area contributed by atoms with Gasteiger partial charge >= 0.3 is 5.97 Å². The lowest BCUT2D eigenvalue weighted by Crippen LogP contribution is -2.42. The first kappa shape index (κ1) is 25.5. The molecule has 0 saturated heterocycles. The number of aliphatic carboxylic acids is 1. The molecule has 0 aliphatic heterocycles. The fourth-order valence-electron chi connectivity index (χ4n) is 3.13. The number of nitrogens with one attached hydrogen (secondary N) is 3. The second kappa shape index (κ2) is 11.4. The highest BCUT2D eigenvalue weighted by Crippen LogP contribution is 2.24. The van der Waals surface area contributed by atoms with E-state index in [0.29, 0.717) is 17.8 Å². The van der Waals surface area contributed by atoms with Crippen LogP contribution in [-0.4, -0.2) is 46.6 Å². The predicted molar refractivity (Wildman–Crippen MR) is 136 cm³/mol. The van der Waals surface area contributed by atoms with Crippen molar-refractivity contribution in [1.29, 1.82) is 0 Å². The maximum atomic E-state index is 12.5. The van der Waals surface area contributed by atoms with Gasteiger partial charge in [0.1, 0.15) is 17.4 Å². The molecule has 3 rings (SSSR count). The molecule has 0 saturated carbocycles. The van der Waals surface area contributed by atoms with E-state index in [-0.39, 0.29) is 33.4 Å². The molecule has 2 aromatic carbocycles.